The van der Waals surface area contributed by atoms with E-state index in [0.29, 0.717) is 10.7 Å². The molecule has 0 saturated heterocycles. The van der Waals surface area contributed by atoms with Gasteiger partial charge >= 0.3 is 0 Å². The Hall–Kier alpha value is -1.13. The highest BCUT2D eigenvalue weighted by molar-refractivity contribution is 6.29. The fourth-order valence-corrected chi connectivity index (χ4v) is 1.18. The molecule has 0 amide bonds. The lowest BCUT2D eigenvalue weighted by Gasteiger charge is -2.05. The Morgan fingerprint density at radius 1 is 1.64 bits per heavy atom. The number of pyridine rings is 1. The van der Waals surface area contributed by atoms with E-state index in [0.717, 1.165) is 0 Å². The molecule has 1 aromatic heterocycles. The Kier molecular flexibility index (Phi) is 3.85. The lowest BCUT2D eigenvalue weighted by Crippen LogP contribution is -2.19. The predicted octanol–water partition coefficient (Wildman–Crippen LogP) is 1.15. The zero-order chi connectivity index (χ0) is 10.6. The number of aromatic nitrogens is 1. The van der Waals surface area contributed by atoms with Crippen LogP contribution in [0.2, 0.25) is 5.15 Å². The van der Waals surface area contributed by atoms with Crippen molar-refractivity contribution < 1.29 is 9.53 Å². The van der Waals surface area contributed by atoms with Gasteiger partial charge in [0.05, 0.1) is 19.2 Å². The zero-order valence-electron chi connectivity index (χ0n) is 8.00. The van der Waals surface area contributed by atoms with Crippen LogP contribution in [-0.4, -0.2) is 31.5 Å². The number of ether oxygens (including phenoxy) is 1. The second-order valence-electron chi connectivity index (χ2n) is 2.64. The lowest BCUT2D eigenvalue weighted by atomic mass is 10.2. The highest BCUT2D eigenvalue weighted by Crippen LogP contribution is 2.18. The fraction of sp³-hybridized carbons (Fsp3) is 0.333. The molecule has 14 heavy (non-hydrogen) atoms. The maximum Gasteiger partial charge on any atom is 0.225 e. The number of hydrogen-bond donors (Lipinski definition) is 1. The van der Waals surface area contributed by atoms with Crippen LogP contribution in [0.5, 0.6) is 5.88 Å². The Labute approximate surface area is 87.2 Å². The number of carbonyl (C=O) groups excluding carboxylic acids is 1. The van der Waals surface area contributed by atoms with Gasteiger partial charge in [0.15, 0.2) is 5.78 Å². The van der Waals surface area contributed by atoms with Gasteiger partial charge in [-0.1, -0.05) is 11.6 Å². The maximum absolute atomic E-state index is 11.5. The Morgan fingerprint density at radius 2 is 2.36 bits per heavy atom. The van der Waals surface area contributed by atoms with Gasteiger partial charge in [-0.15, -0.1) is 0 Å². The van der Waals surface area contributed by atoms with E-state index in [4.69, 9.17) is 16.3 Å². The first-order valence-corrected chi connectivity index (χ1v) is 4.45. The molecule has 0 aliphatic rings. The molecule has 0 radical (unpaired) electrons. The predicted molar refractivity (Wildman–Crippen MR) is 54.1 cm³/mol. The molecular weight excluding hydrogens is 204 g/mol. The van der Waals surface area contributed by atoms with Crippen molar-refractivity contribution in [1.29, 1.82) is 0 Å². The Morgan fingerprint density at radius 3 is 2.93 bits per heavy atom. The third kappa shape index (κ3) is 2.43. The number of likely N-dealkylation sites (N-methyl/N-ethyl adjacent to an activating group) is 1. The van der Waals surface area contributed by atoms with Crippen molar-refractivity contribution in [3.8, 4) is 5.88 Å². The SMILES string of the molecule is CNCC(=O)c1ccc(Cl)nc1OC. The van der Waals surface area contributed by atoms with Crippen LogP contribution in [0.25, 0.3) is 0 Å². The highest BCUT2D eigenvalue weighted by Gasteiger charge is 2.12. The summed E-state index contributed by atoms with van der Waals surface area (Å²) >= 11 is 5.66. The number of ketones is 1. The first-order valence-electron chi connectivity index (χ1n) is 4.07. The summed E-state index contributed by atoms with van der Waals surface area (Å²) in [7, 11) is 3.16. The van der Waals surface area contributed by atoms with Crippen molar-refractivity contribution in [1.82, 2.24) is 10.3 Å². The molecule has 0 atom stereocenters. The number of rotatable bonds is 4. The Bertz CT molecular complexity index is 342. The standard InChI is InChI=1S/C9H11ClN2O2/c1-11-5-7(13)6-3-4-8(10)12-9(6)14-2/h3-4,11H,5H2,1-2H3. The number of Topliss-reactive ketones (excluding diaryl/α,β-unsaturated/α-hetero) is 1. The normalized spacial score (nSPS) is 9.93. The average Bonchev–Trinajstić information content (AvgIpc) is 2.17. The number of nitrogens with zero attached hydrogens (tertiary/aromatic N) is 1. The number of halogens is 1. The largest absolute Gasteiger partial charge is 0.480 e. The van der Waals surface area contributed by atoms with Crippen LogP contribution in [0, 0.1) is 0 Å². The highest BCUT2D eigenvalue weighted by atomic mass is 35.5. The molecule has 0 aromatic carbocycles. The molecule has 1 heterocycles. The van der Waals surface area contributed by atoms with Gasteiger partial charge in [0.2, 0.25) is 5.88 Å². The van der Waals surface area contributed by atoms with Gasteiger partial charge in [0.1, 0.15) is 5.15 Å². The van der Waals surface area contributed by atoms with Gasteiger partial charge < -0.3 is 10.1 Å². The number of nitrogens with one attached hydrogen (secondary N) is 1. The van der Waals surface area contributed by atoms with E-state index in [9.17, 15) is 4.79 Å². The first kappa shape index (κ1) is 10.9. The van der Waals surface area contributed by atoms with Crippen LogP contribution in [0.3, 0.4) is 0 Å². The van der Waals surface area contributed by atoms with Crippen molar-refractivity contribution in [2.24, 2.45) is 0 Å². The smallest absolute Gasteiger partial charge is 0.225 e. The minimum absolute atomic E-state index is 0.0754. The van der Waals surface area contributed by atoms with E-state index in [1.165, 1.54) is 7.11 Å². The summed E-state index contributed by atoms with van der Waals surface area (Å²) in [4.78, 5) is 15.4. The number of methoxy groups -OCH3 is 1. The lowest BCUT2D eigenvalue weighted by molar-refractivity contribution is 0.0990. The molecule has 0 unspecified atom stereocenters. The zero-order valence-corrected chi connectivity index (χ0v) is 8.76. The summed E-state index contributed by atoms with van der Waals surface area (Å²) in [5.41, 5.74) is 0.436. The third-order valence-electron chi connectivity index (χ3n) is 1.66. The van der Waals surface area contributed by atoms with Gasteiger partial charge in [-0.05, 0) is 19.2 Å². The monoisotopic (exact) mass is 214 g/mol. The average molecular weight is 215 g/mol. The first-order chi connectivity index (χ1) is 6.69. The quantitative estimate of drug-likeness (QED) is 0.604. The molecule has 0 aliphatic heterocycles. The van der Waals surface area contributed by atoms with E-state index < -0.39 is 0 Å². The summed E-state index contributed by atoms with van der Waals surface area (Å²) in [5.74, 6) is 0.186. The molecular formula is C9H11ClN2O2. The van der Waals surface area contributed by atoms with Gasteiger partial charge in [-0.3, -0.25) is 4.79 Å². The second kappa shape index (κ2) is 4.93. The van der Waals surface area contributed by atoms with Crippen LogP contribution in [-0.2, 0) is 0 Å². The molecule has 1 aromatic rings. The van der Waals surface area contributed by atoms with E-state index in [2.05, 4.69) is 10.3 Å². The summed E-state index contributed by atoms with van der Waals surface area (Å²) in [6, 6.07) is 3.17. The van der Waals surface area contributed by atoms with Crippen molar-refractivity contribution in [2.75, 3.05) is 20.7 Å². The van der Waals surface area contributed by atoms with Gasteiger partial charge in [0, 0.05) is 0 Å². The molecule has 0 bridgehead atoms. The summed E-state index contributed by atoms with van der Waals surface area (Å²) in [6.07, 6.45) is 0. The van der Waals surface area contributed by atoms with E-state index in [1.54, 1.807) is 19.2 Å². The van der Waals surface area contributed by atoms with Crippen LogP contribution in [0.15, 0.2) is 12.1 Å². The molecule has 5 heteroatoms. The van der Waals surface area contributed by atoms with Crippen molar-refractivity contribution >= 4 is 17.4 Å². The summed E-state index contributed by atoms with van der Waals surface area (Å²) in [5, 5.41) is 3.07. The molecule has 0 fully saturated rings. The van der Waals surface area contributed by atoms with Crippen LogP contribution >= 0.6 is 11.6 Å². The molecule has 4 nitrogen and oxygen atoms in total. The second-order valence-corrected chi connectivity index (χ2v) is 3.03. The molecule has 0 aliphatic carbocycles. The maximum atomic E-state index is 11.5. The molecule has 1 N–H and O–H groups in total. The van der Waals surface area contributed by atoms with Crippen LogP contribution in [0.1, 0.15) is 10.4 Å². The summed E-state index contributed by atoms with van der Waals surface area (Å²) < 4.78 is 4.95. The number of carbonyl (C=O) groups is 1. The fourth-order valence-electron chi connectivity index (χ4n) is 1.04. The van der Waals surface area contributed by atoms with Crippen molar-refractivity contribution in [2.45, 2.75) is 0 Å². The molecule has 1 rings (SSSR count). The van der Waals surface area contributed by atoms with Gasteiger partial charge in [-0.25, -0.2) is 4.98 Å². The summed E-state index contributed by atoms with van der Waals surface area (Å²) in [6.45, 7) is 0.250. The molecule has 0 saturated carbocycles. The minimum Gasteiger partial charge on any atom is -0.480 e. The van der Waals surface area contributed by atoms with E-state index in [1.807, 2.05) is 0 Å². The van der Waals surface area contributed by atoms with Crippen molar-refractivity contribution in [3.05, 3.63) is 22.8 Å². The Balaban J connectivity index is 3.01. The van der Waals surface area contributed by atoms with Crippen molar-refractivity contribution in [3.63, 3.8) is 0 Å². The third-order valence-corrected chi connectivity index (χ3v) is 1.87. The van der Waals surface area contributed by atoms with Gasteiger partial charge in [-0.2, -0.15) is 0 Å². The minimum atomic E-state index is -0.0754. The van der Waals surface area contributed by atoms with Gasteiger partial charge in [0.25, 0.3) is 0 Å². The molecule has 0 spiro atoms. The topological polar surface area (TPSA) is 51.2 Å². The number of hydrogen-bond acceptors (Lipinski definition) is 4. The van der Waals surface area contributed by atoms with Crippen LogP contribution < -0.4 is 10.1 Å². The van der Waals surface area contributed by atoms with Crippen LogP contribution in [0.4, 0.5) is 0 Å². The van der Waals surface area contributed by atoms with E-state index >= 15 is 0 Å². The molecule has 76 valence electrons. The van der Waals surface area contributed by atoms with E-state index in [-0.39, 0.29) is 18.2 Å².